The van der Waals surface area contributed by atoms with Crippen LogP contribution in [0.25, 0.3) is 17.1 Å². The lowest BCUT2D eigenvalue weighted by Crippen LogP contribution is -2.16. The van der Waals surface area contributed by atoms with E-state index in [0.29, 0.717) is 17.6 Å². The Morgan fingerprint density at radius 2 is 1.68 bits per heavy atom. The Morgan fingerprint density at radius 1 is 1.00 bits per heavy atom. The number of pyridine rings is 1. The fourth-order valence-corrected chi connectivity index (χ4v) is 4.58. The molecule has 0 spiro atoms. The molecule has 8 heteroatoms. The molecule has 0 aliphatic carbocycles. The molecule has 4 aromatic rings. The van der Waals surface area contributed by atoms with Crippen LogP contribution in [0, 0.1) is 20.8 Å². The van der Waals surface area contributed by atoms with Gasteiger partial charge in [-0.25, -0.2) is 0 Å². The van der Waals surface area contributed by atoms with E-state index in [2.05, 4.69) is 39.6 Å². The smallest absolute Gasteiger partial charge is 0.234 e. The van der Waals surface area contributed by atoms with Crippen molar-refractivity contribution in [1.82, 2.24) is 19.7 Å². The molecule has 2 heterocycles. The van der Waals surface area contributed by atoms with Crippen molar-refractivity contribution in [3.8, 4) is 22.8 Å². The van der Waals surface area contributed by atoms with E-state index in [1.165, 1.54) is 17.3 Å². The largest absolute Gasteiger partial charge is 0.494 e. The van der Waals surface area contributed by atoms with E-state index in [1.807, 2.05) is 61.7 Å². The molecule has 1 N–H and O–H groups in total. The van der Waals surface area contributed by atoms with Gasteiger partial charge in [0, 0.05) is 29.3 Å². The van der Waals surface area contributed by atoms with Gasteiger partial charge in [0.2, 0.25) is 5.91 Å². The van der Waals surface area contributed by atoms with Crippen LogP contribution in [0.3, 0.4) is 0 Å². The predicted molar refractivity (Wildman–Crippen MR) is 136 cm³/mol. The quantitative estimate of drug-likeness (QED) is 0.346. The number of benzene rings is 2. The summed E-state index contributed by atoms with van der Waals surface area (Å²) in [7, 11) is 0. The number of ether oxygens (including phenoxy) is 1. The second kappa shape index (κ2) is 10.5. The highest BCUT2D eigenvalue weighted by Crippen LogP contribution is 2.29. The predicted octanol–water partition coefficient (Wildman–Crippen LogP) is 5.38. The van der Waals surface area contributed by atoms with E-state index in [0.717, 1.165) is 33.8 Å². The van der Waals surface area contributed by atoms with Crippen molar-refractivity contribution in [3.05, 3.63) is 77.6 Å². The van der Waals surface area contributed by atoms with E-state index < -0.39 is 0 Å². The van der Waals surface area contributed by atoms with E-state index in [9.17, 15) is 4.79 Å². The van der Waals surface area contributed by atoms with Crippen LogP contribution < -0.4 is 10.1 Å². The molecular formula is C26H27N5O2S. The summed E-state index contributed by atoms with van der Waals surface area (Å²) in [5.74, 6) is 1.59. The fraction of sp³-hybridized carbons (Fsp3) is 0.231. The molecule has 0 aliphatic heterocycles. The van der Waals surface area contributed by atoms with Gasteiger partial charge in [-0.15, -0.1) is 10.2 Å². The highest BCUT2D eigenvalue weighted by atomic mass is 32.2. The SMILES string of the molecule is CCOc1ccc(-n2c(SCC(=O)Nc3c(C)cc(C)cc3C)nnc2-c2ccncc2)cc1. The average molecular weight is 474 g/mol. The molecule has 0 bridgehead atoms. The van der Waals surface area contributed by atoms with Gasteiger partial charge in [-0.3, -0.25) is 14.3 Å². The maximum absolute atomic E-state index is 12.8. The molecule has 7 nitrogen and oxygen atoms in total. The lowest BCUT2D eigenvalue weighted by Gasteiger charge is -2.13. The van der Waals surface area contributed by atoms with Crippen molar-refractivity contribution in [2.45, 2.75) is 32.9 Å². The van der Waals surface area contributed by atoms with Crippen molar-refractivity contribution in [2.75, 3.05) is 17.7 Å². The van der Waals surface area contributed by atoms with Crippen LogP contribution in [0.5, 0.6) is 5.75 Å². The molecule has 0 aliphatic rings. The highest BCUT2D eigenvalue weighted by molar-refractivity contribution is 7.99. The first-order chi connectivity index (χ1) is 16.5. The van der Waals surface area contributed by atoms with Gasteiger partial charge in [0.1, 0.15) is 5.75 Å². The summed E-state index contributed by atoms with van der Waals surface area (Å²) in [4.78, 5) is 16.9. The standard InChI is InChI=1S/C26H27N5O2S/c1-5-33-22-8-6-21(7-9-22)31-25(20-10-12-27-13-11-20)29-30-26(31)34-16-23(32)28-24-18(3)14-17(2)15-19(24)4/h6-15H,5,16H2,1-4H3,(H,28,32). The second-order valence-corrected chi connectivity index (χ2v) is 8.86. The fourth-order valence-electron chi connectivity index (χ4n) is 3.83. The summed E-state index contributed by atoms with van der Waals surface area (Å²) in [5, 5.41) is 12.5. The van der Waals surface area contributed by atoms with Gasteiger partial charge < -0.3 is 10.1 Å². The lowest BCUT2D eigenvalue weighted by molar-refractivity contribution is -0.113. The van der Waals surface area contributed by atoms with Crippen LogP contribution in [0.1, 0.15) is 23.6 Å². The number of anilines is 1. The summed E-state index contributed by atoms with van der Waals surface area (Å²) in [6.45, 7) is 8.62. The molecule has 0 unspecified atom stereocenters. The van der Waals surface area contributed by atoms with Crippen LogP contribution in [-0.2, 0) is 4.79 Å². The number of carbonyl (C=O) groups excluding carboxylic acids is 1. The second-order valence-electron chi connectivity index (χ2n) is 7.91. The Hall–Kier alpha value is -3.65. The van der Waals surface area contributed by atoms with Crippen LogP contribution in [0.15, 0.2) is 66.1 Å². The first kappa shape index (κ1) is 23.5. The molecule has 0 saturated heterocycles. The summed E-state index contributed by atoms with van der Waals surface area (Å²) in [5.41, 5.74) is 5.91. The zero-order chi connectivity index (χ0) is 24.1. The lowest BCUT2D eigenvalue weighted by atomic mass is 10.1. The summed E-state index contributed by atoms with van der Waals surface area (Å²) in [6.07, 6.45) is 3.44. The van der Waals surface area contributed by atoms with E-state index >= 15 is 0 Å². The molecule has 0 saturated carbocycles. The summed E-state index contributed by atoms with van der Waals surface area (Å²) in [6, 6.07) is 15.7. The third kappa shape index (κ3) is 5.28. The first-order valence-corrected chi connectivity index (χ1v) is 12.0. The number of nitrogens with zero attached hydrogens (tertiary/aromatic N) is 4. The van der Waals surface area contributed by atoms with Crippen molar-refractivity contribution in [2.24, 2.45) is 0 Å². The summed E-state index contributed by atoms with van der Waals surface area (Å²) < 4.78 is 7.53. The Bertz CT molecular complexity index is 1260. The summed E-state index contributed by atoms with van der Waals surface area (Å²) >= 11 is 1.34. The number of amides is 1. The Morgan fingerprint density at radius 3 is 2.32 bits per heavy atom. The van der Waals surface area contributed by atoms with E-state index in [-0.39, 0.29) is 11.7 Å². The normalized spacial score (nSPS) is 10.8. The third-order valence-electron chi connectivity index (χ3n) is 5.25. The highest BCUT2D eigenvalue weighted by Gasteiger charge is 2.18. The molecular weight excluding hydrogens is 446 g/mol. The van der Waals surface area contributed by atoms with Gasteiger partial charge in [-0.05, 0) is 75.2 Å². The van der Waals surface area contributed by atoms with Crippen molar-refractivity contribution < 1.29 is 9.53 Å². The van der Waals surface area contributed by atoms with E-state index in [4.69, 9.17) is 4.74 Å². The molecule has 0 radical (unpaired) electrons. The maximum atomic E-state index is 12.8. The molecule has 2 aromatic heterocycles. The monoisotopic (exact) mass is 473 g/mol. The topological polar surface area (TPSA) is 81.9 Å². The van der Waals surface area contributed by atoms with Gasteiger partial charge in [0.25, 0.3) is 0 Å². The molecule has 0 fully saturated rings. The molecule has 1 amide bonds. The minimum Gasteiger partial charge on any atom is -0.494 e. The van der Waals surface area contributed by atoms with Gasteiger partial charge >= 0.3 is 0 Å². The number of carbonyl (C=O) groups is 1. The van der Waals surface area contributed by atoms with Gasteiger partial charge in [-0.2, -0.15) is 0 Å². The Kier molecular flexibility index (Phi) is 7.27. The number of aryl methyl sites for hydroxylation is 3. The average Bonchev–Trinajstić information content (AvgIpc) is 3.25. The minimum absolute atomic E-state index is 0.0910. The number of hydrogen-bond donors (Lipinski definition) is 1. The first-order valence-electron chi connectivity index (χ1n) is 11.1. The Labute approximate surface area is 203 Å². The Balaban J connectivity index is 1.59. The third-order valence-corrected chi connectivity index (χ3v) is 6.18. The molecule has 174 valence electrons. The van der Waals surface area contributed by atoms with Gasteiger partial charge in [0.05, 0.1) is 12.4 Å². The number of nitrogens with one attached hydrogen (secondary N) is 1. The van der Waals surface area contributed by atoms with Crippen molar-refractivity contribution in [3.63, 3.8) is 0 Å². The zero-order valence-corrected chi connectivity index (χ0v) is 20.5. The van der Waals surface area contributed by atoms with Gasteiger partial charge in [-0.1, -0.05) is 29.5 Å². The van der Waals surface area contributed by atoms with Crippen molar-refractivity contribution in [1.29, 1.82) is 0 Å². The van der Waals surface area contributed by atoms with Crippen molar-refractivity contribution >= 4 is 23.4 Å². The number of rotatable bonds is 8. The van der Waals surface area contributed by atoms with E-state index in [1.54, 1.807) is 12.4 Å². The molecule has 0 atom stereocenters. The maximum Gasteiger partial charge on any atom is 0.234 e. The van der Waals surface area contributed by atoms with Crippen LogP contribution >= 0.6 is 11.8 Å². The molecule has 4 rings (SSSR count). The zero-order valence-electron chi connectivity index (χ0n) is 19.7. The molecule has 2 aromatic carbocycles. The molecule has 34 heavy (non-hydrogen) atoms. The number of aromatic nitrogens is 4. The minimum atomic E-state index is -0.0910. The van der Waals surface area contributed by atoms with Crippen LogP contribution in [-0.4, -0.2) is 38.0 Å². The van der Waals surface area contributed by atoms with Crippen LogP contribution in [0.4, 0.5) is 5.69 Å². The number of thioether (sulfide) groups is 1. The van der Waals surface area contributed by atoms with Gasteiger partial charge in [0.15, 0.2) is 11.0 Å². The van der Waals surface area contributed by atoms with Crippen LogP contribution in [0.2, 0.25) is 0 Å². The number of hydrogen-bond acceptors (Lipinski definition) is 6.